The third-order valence-corrected chi connectivity index (χ3v) is 10.3. The molecule has 0 aliphatic carbocycles. The van der Waals surface area contributed by atoms with Crippen LogP contribution in [-0.2, 0) is 24.7 Å². The van der Waals surface area contributed by atoms with E-state index in [1.807, 2.05) is 12.3 Å². The first-order chi connectivity index (χ1) is 25.8. The van der Waals surface area contributed by atoms with Crippen LogP contribution in [0.3, 0.4) is 0 Å². The van der Waals surface area contributed by atoms with Gasteiger partial charge in [0.2, 0.25) is 0 Å². The molecule has 3 aromatic heterocycles. The zero-order valence-corrected chi connectivity index (χ0v) is 32.5. The minimum atomic E-state index is 0.00608. The van der Waals surface area contributed by atoms with Gasteiger partial charge in [0.05, 0.1) is 28.1 Å². The lowest BCUT2D eigenvalue weighted by Crippen LogP contribution is -2.12. The van der Waals surface area contributed by atoms with E-state index in [1.54, 1.807) is 0 Å². The van der Waals surface area contributed by atoms with Gasteiger partial charge in [0, 0.05) is 34.7 Å². The van der Waals surface area contributed by atoms with Gasteiger partial charge in [-0.25, -0.2) is 9.67 Å². The van der Waals surface area contributed by atoms with Crippen molar-refractivity contribution in [2.75, 3.05) is 0 Å². The molecule has 5 heteroatoms. The third kappa shape index (κ3) is 7.67. The largest absolute Gasteiger partial charge is 0.457 e. The third-order valence-electron chi connectivity index (χ3n) is 10.3. The molecule has 4 aromatic carbocycles. The van der Waals surface area contributed by atoms with Crippen molar-refractivity contribution in [1.29, 1.82) is 0 Å². The standard InChI is InChI=1S/C48H54N4O/c1-7-10-11-13-19-34-24-27-43-41(30-34)40-26-25-39(33-45(40)51(43)46-31-36(28-29-49-46)48(4,5)6)53-38-23-16-22-37(32-38)52-44(18-9-3)47(42(50-52)17-8-2)35-20-14-12-15-21-35/h12,14-16,20-33H,7-11,13,17-19H2,1-6H3. The number of fused-ring (bicyclic) bond motifs is 3. The summed E-state index contributed by atoms with van der Waals surface area (Å²) in [6.45, 7) is 13.5. The summed E-state index contributed by atoms with van der Waals surface area (Å²) < 4.78 is 11.2. The Hall–Kier alpha value is -5.16. The highest BCUT2D eigenvalue weighted by Crippen LogP contribution is 2.37. The molecule has 272 valence electrons. The van der Waals surface area contributed by atoms with Gasteiger partial charge in [0.1, 0.15) is 17.3 Å². The van der Waals surface area contributed by atoms with E-state index in [1.165, 1.54) is 64.4 Å². The number of pyridine rings is 1. The van der Waals surface area contributed by atoms with Crippen LogP contribution < -0.4 is 4.74 Å². The van der Waals surface area contributed by atoms with E-state index in [-0.39, 0.29) is 5.41 Å². The van der Waals surface area contributed by atoms with Crippen LogP contribution in [0.15, 0.2) is 109 Å². The van der Waals surface area contributed by atoms with Crippen molar-refractivity contribution in [3.63, 3.8) is 0 Å². The van der Waals surface area contributed by atoms with E-state index in [9.17, 15) is 0 Å². The summed E-state index contributed by atoms with van der Waals surface area (Å²) in [6.07, 6.45) is 12.0. The van der Waals surface area contributed by atoms with Crippen molar-refractivity contribution in [2.45, 2.75) is 105 Å². The van der Waals surface area contributed by atoms with Crippen LogP contribution in [-0.4, -0.2) is 19.3 Å². The topological polar surface area (TPSA) is 44.9 Å². The molecule has 5 nitrogen and oxygen atoms in total. The van der Waals surface area contributed by atoms with Crippen LogP contribution in [0.5, 0.6) is 11.5 Å². The highest BCUT2D eigenvalue weighted by Gasteiger charge is 2.21. The lowest BCUT2D eigenvalue weighted by molar-refractivity contribution is 0.482. The van der Waals surface area contributed by atoms with E-state index in [4.69, 9.17) is 14.8 Å². The number of nitrogens with zero attached hydrogens (tertiary/aromatic N) is 4. The van der Waals surface area contributed by atoms with E-state index in [0.717, 1.165) is 71.8 Å². The minimum Gasteiger partial charge on any atom is -0.457 e. The summed E-state index contributed by atoms with van der Waals surface area (Å²) in [5, 5.41) is 7.69. The van der Waals surface area contributed by atoms with Gasteiger partial charge in [-0.3, -0.25) is 4.57 Å². The Kier molecular flexibility index (Phi) is 10.8. The molecular formula is C48H54N4O. The summed E-state index contributed by atoms with van der Waals surface area (Å²) in [7, 11) is 0. The van der Waals surface area contributed by atoms with Crippen LogP contribution >= 0.6 is 0 Å². The molecule has 0 saturated carbocycles. The van der Waals surface area contributed by atoms with Crippen molar-refractivity contribution >= 4 is 21.8 Å². The molecule has 3 heterocycles. The second-order valence-corrected chi connectivity index (χ2v) is 15.5. The zero-order chi connectivity index (χ0) is 37.0. The lowest BCUT2D eigenvalue weighted by Gasteiger charge is -2.20. The number of rotatable bonds is 14. The van der Waals surface area contributed by atoms with Crippen molar-refractivity contribution in [3.05, 3.63) is 132 Å². The Bertz CT molecular complexity index is 2320. The predicted molar refractivity (Wildman–Crippen MR) is 222 cm³/mol. The fourth-order valence-corrected chi connectivity index (χ4v) is 7.63. The van der Waals surface area contributed by atoms with Gasteiger partial charge in [0.15, 0.2) is 0 Å². The maximum absolute atomic E-state index is 6.71. The van der Waals surface area contributed by atoms with Gasteiger partial charge in [0.25, 0.3) is 0 Å². The van der Waals surface area contributed by atoms with Crippen LogP contribution in [0.4, 0.5) is 0 Å². The fraction of sp³-hybridized carbons (Fsp3) is 0.333. The quantitative estimate of drug-likeness (QED) is 0.106. The molecule has 0 aliphatic rings. The number of hydrogen-bond donors (Lipinski definition) is 0. The van der Waals surface area contributed by atoms with E-state index < -0.39 is 0 Å². The van der Waals surface area contributed by atoms with Crippen LogP contribution in [0.2, 0.25) is 0 Å². The van der Waals surface area contributed by atoms with Crippen molar-refractivity contribution in [2.24, 2.45) is 0 Å². The summed E-state index contributed by atoms with van der Waals surface area (Å²) in [5.41, 5.74) is 10.8. The molecule has 0 fully saturated rings. The Balaban J connectivity index is 1.30. The van der Waals surface area contributed by atoms with Crippen molar-refractivity contribution < 1.29 is 4.74 Å². The lowest BCUT2D eigenvalue weighted by atomic mass is 9.88. The normalized spacial score (nSPS) is 11.9. The summed E-state index contributed by atoms with van der Waals surface area (Å²) >= 11 is 0. The number of benzene rings is 4. The fourth-order valence-electron chi connectivity index (χ4n) is 7.63. The SMILES string of the molecule is CCCCCCc1ccc2c(c1)c1ccc(Oc3cccc(-n4nc(CCC)c(-c5ccccc5)c4CCC)c3)cc1n2-c1cc(C(C)(C)C)ccn1. The average Bonchev–Trinajstić information content (AvgIpc) is 3.68. The molecule has 0 bridgehead atoms. The molecular weight excluding hydrogens is 649 g/mol. The Morgan fingerprint density at radius 3 is 2.23 bits per heavy atom. The number of aromatic nitrogens is 4. The Morgan fingerprint density at radius 2 is 1.45 bits per heavy atom. The van der Waals surface area contributed by atoms with Crippen molar-refractivity contribution in [3.8, 4) is 34.1 Å². The average molecular weight is 703 g/mol. The molecule has 0 unspecified atom stereocenters. The van der Waals surface area contributed by atoms with Gasteiger partial charge < -0.3 is 4.74 Å². The summed E-state index contributed by atoms with van der Waals surface area (Å²) in [5.74, 6) is 2.49. The highest BCUT2D eigenvalue weighted by atomic mass is 16.5. The van der Waals surface area contributed by atoms with E-state index in [0.29, 0.717) is 0 Å². The molecule has 0 N–H and O–H groups in total. The first-order valence-corrected chi connectivity index (χ1v) is 19.8. The highest BCUT2D eigenvalue weighted by molar-refractivity contribution is 6.09. The summed E-state index contributed by atoms with van der Waals surface area (Å²) in [4.78, 5) is 4.93. The second kappa shape index (κ2) is 15.8. The molecule has 0 saturated heterocycles. The van der Waals surface area contributed by atoms with E-state index in [2.05, 4.69) is 148 Å². The van der Waals surface area contributed by atoms with Crippen molar-refractivity contribution in [1.82, 2.24) is 19.3 Å². The first-order valence-electron chi connectivity index (χ1n) is 19.8. The Morgan fingerprint density at radius 1 is 0.642 bits per heavy atom. The molecule has 0 atom stereocenters. The number of ether oxygens (including phenoxy) is 1. The minimum absolute atomic E-state index is 0.00608. The molecule has 7 aromatic rings. The van der Waals surface area contributed by atoms with Crippen LogP contribution in [0.25, 0.3) is 44.4 Å². The van der Waals surface area contributed by atoms with Gasteiger partial charge in [-0.15, -0.1) is 0 Å². The van der Waals surface area contributed by atoms with Crippen LogP contribution in [0.1, 0.15) is 103 Å². The number of hydrogen-bond acceptors (Lipinski definition) is 3. The summed E-state index contributed by atoms with van der Waals surface area (Å²) in [6, 6.07) is 37.0. The van der Waals surface area contributed by atoms with E-state index >= 15 is 0 Å². The molecule has 0 amide bonds. The number of aryl methyl sites for hydroxylation is 2. The predicted octanol–water partition coefficient (Wildman–Crippen LogP) is 13.1. The van der Waals surface area contributed by atoms with Gasteiger partial charge in [-0.05, 0) is 96.3 Å². The molecule has 53 heavy (non-hydrogen) atoms. The zero-order valence-electron chi connectivity index (χ0n) is 32.5. The molecule has 0 spiro atoms. The Labute approximate surface area is 315 Å². The van der Waals surface area contributed by atoms with Crippen LogP contribution in [0, 0.1) is 0 Å². The monoisotopic (exact) mass is 702 g/mol. The van der Waals surface area contributed by atoms with Gasteiger partial charge >= 0.3 is 0 Å². The smallest absolute Gasteiger partial charge is 0.137 e. The number of unbranched alkanes of at least 4 members (excludes halogenated alkanes) is 3. The first kappa shape index (κ1) is 36.2. The molecule has 0 aliphatic heterocycles. The second-order valence-electron chi connectivity index (χ2n) is 15.5. The van der Waals surface area contributed by atoms with Gasteiger partial charge in [-0.2, -0.15) is 5.10 Å². The van der Waals surface area contributed by atoms with Gasteiger partial charge in [-0.1, -0.05) is 116 Å². The maximum Gasteiger partial charge on any atom is 0.137 e. The molecule has 0 radical (unpaired) electrons. The maximum atomic E-state index is 6.71. The molecule has 7 rings (SSSR count).